The summed E-state index contributed by atoms with van der Waals surface area (Å²) >= 11 is 1.30. The van der Waals surface area contributed by atoms with Crippen molar-refractivity contribution < 1.29 is 9.59 Å². The number of para-hydroxylation sites is 1. The Bertz CT molecular complexity index is 917. The summed E-state index contributed by atoms with van der Waals surface area (Å²) in [6.07, 6.45) is 1.20. The van der Waals surface area contributed by atoms with Gasteiger partial charge in [-0.1, -0.05) is 55.9 Å². The van der Waals surface area contributed by atoms with E-state index in [1.807, 2.05) is 44.2 Å². The van der Waals surface area contributed by atoms with Crippen molar-refractivity contribution >= 4 is 40.1 Å². The van der Waals surface area contributed by atoms with Crippen molar-refractivity contribution in [3.8, 4) is 0 Å². The topological polar surface area (TPSA) is 70.6 Å². The van der Waals surface area contributed by atoms with Crippen LogP contribution in [0.5, 0.6) is 0 Å². The van der Waals surface area contributed by atoms with Crippen LogP contribution in [0.2, 0.25) is 0 Å². The van der Waals surface area contributed by atoms with E-state index >= 15 is 0 Å². The zero-order valence-electron chi connectivity index (χ0n) is 17.3. The molecule has 1 heterocycles. The van der Waals surface area contributed by atoms with E-state index in [1.54, 1.807) is 0 Å². The molecule has 2 aromatic carbocycles. The van der Waals surface area contributed by atoms with Gasteiger partial charge in [-0.05, 0) is 55.0 Å². The molecule has 0 unspecified atom stereocenters. The molecule has 5 nitrogen and oxygen atoms in total. The molecule has 2 amide bonds. The summed E-state index contributed by atoms with van der Waals surface area (Å²) in [4.78, 5) is 29.3. The molecule has 0 spiro atoms. The number of benzene rings is 2. The SMILES string of the molecule is CC[C@H](C)c1ccc(N=C2NC(=O)[C@@H](CC(=O)Nc3c(C)cccc3C)S2)cc1. The quantitative estimate of drug-likeness (QED) is 0.700. The molecule has 3 rings (SSSR count). The first-order chi connectivity index (χ1) is 13.9. The van der Waals surface area contributed by atoms with Gasteiger partial charge in [0, 0.05) is 12.1 Å². The molecular formula is C23H27N3O2S. The second-order valence-electron chi connectivity index (χ2n) is 7.43. The second-order valence-corrected chi connectivity index (χ2v) is 8.62. The van der Waals surface area contributed by atoms with Gasteiger partial charge in [0.2, 0.25) is 11.8 Å². The molecule has 0 bridgehead atoms. The number of nitrogens with zero attached hydrogens (tertiary/aromatic N) is 1. The number of hydrogen-bond donors (Lipinski definition) is 2. The number of amidine groups is 1. The van der Waals surface area contributed by atoms with E-state index in [4.69, 9.17) is 0 Å². The van der Waals surface area contributed by atoms with Crippen molar-refractivity contribution in [1.82, 2.24) is 5.32 Å². The molecule has 1 aliphatic heterocycles. The number of hydrogen-bond acceptors (Lipinski definition) is 4. The molecule has 2 atom stereocenters. The zero-order chi connectivity index (χ0) is 21.0. The fourth-order valence-corrected chi connectivity index (χ4v) is 4.18. The molecular weight excluding hydrogens is 382 g/mol. The van der Waals surface area contributed by atoms with Gasteiger partial charge in [0.15, 0.2) is 5.17 Å². The molecule has 0 saturated carbocycles. The molecule has 0 aliphatic carbocycles. The van der Waals surface area contributed by atoms with E-state index in [9.17, 15) is 9.59 Å². The van der Waals surface area contributed by atoms with Crippen LogP contribution in [0.1, 0.15) is 49.3 Å². The van der Waals surface area contributed by atoms with Gasteiger partial charge < -0.3 is 10.6 Å². The summed E-state index contributed by atoms with van der Waals surface area (Å²) in [5.41, 5.74) is 4.90. The lowest BCUT2D eigenvalue weighted by Crippen LogP contribution is -2.28. The Balaban J connectivity index is 1.62. The first-order valence-electron chi connectivity index (χ1n) is 9.89. The largest absolute Gasteiger partial charge is 0.326 e. The van der Waals surface area contributed by atoms with E-state index in [2.05, 4.69) is 41.6 Å². The number of amides is 2. The van der Waals surface area contributed by atoms with E-state index in [0.29, 0.717) is 11.1 Å². The second kappa shape index (κ2) is 9.27. The van der Waals surface area contributed by atoms with Crippen molar-refractivity contribution in [1.29, 1.82) is 0 Å². The predicted molar refractivity (Wildman–Crippen MR) is 121 cm³/mol. The van der Waals surface area contributed by atoms with Gasteiger partial charge in [-0.25, -0.2) is 4.99 Å². The lowest BCUT2D eigenvalue weighted by atomic mass is 9.99. The van der Waals surface area contributed by atoms with Crippen molar-refractivity contribution in [2.75, 3.05) is 5.32 Å². The van der Waals surface area contributed by atoms with E-state index in [0.717, 1.165) is 28.9 Å². The Labute approximate surface area is 176 Å². The first kappa shape index (κ1) is 21.1. The molecule has 0 radical (unpaired) electrons. The first-order valence-corrected chi connectivity index (χ1v) is 10.8. The third-order valence-electron chi connectivity index (χ3n) is 5.20. The third kappa shape index (κ3) is 5.26. The minimum Gasteiger partial charge on any atom is -0.326 e. The molecule has 2 N–H and O–H groups in total. The van der Waals surface area contributed by atoms with Gasteiger partial charge in [0.05, 0.1) is 5.69 Å². The number of aryl methyl sites for hydroxylation is 2. The van der Waals surface area contributed by atoms with Crippen LogP contribution < -0.4 is 10.6 Å². The number of carbonyl (C=O) groups excluding carboxylic acids is 2. The molecule has 1 saturated heterocycles. The molecule has 1 fully saturated rings. The van der Waals surface area contributed by atoms with E-state index in [-0.39, 0.29) is 18.2 Å². The Morgan fingerprint density at radius 1 is 1.17 bits per heavy atom. The van der Waals surface area contributed by atoms with Crippen molar-refractivity contribution in [2.24, 2.45) is 4.99 Å². The molecule has 29 heavy (non-hydrogen) atoms. The number of rotatable bonds is 6. The highest BCUT2D eigenvalue weighted by atomic mass is 32.2. The lowest BCUT2D eigenvalue weighted by Gasteiger charge is -2.12. The predicted octanol–water partition coefficient (Wildman–Crippen LogP) is 5.06. The van der Waals surface area contributed by atoms with E-state index in [1.165, 1.54) is 17.3 Å². The molecule has 152 valence electrons. The number of nitrogens with one attached hydrogen (secondary N) is 2. The van der Waals surface area contributed by atoms with Crippen LogP contribution in [0.3, 0.4) is 0 Å². The Morgan fingerprint density at radius 2 is 1.83 bits per heavy atom. The van der Waals surface area contributed by atoms with Crippen molar-refractivity contribution in [3.05, 3.63) is 59.2 Å². The van der Waals surface area contributed by atoms with Gasteiger partial charge >= 0.3 is 0 Å². The highest BCUT2D eigenvalue weighted by Crippen LogP contribution is 2.27. The highest BCUT2D eigenvalue weighted by molar-refractivity contribution is 8.15. The Hall–Kier alpha value is -2.60. The van der Waals surface area contributed by atoms with Crippen LogP contribution in [0, 0.1) is 13.8 Å². The van der Waals surface area contributed by atoms with Crippen LogP contribution in [0.25, 0.3) is 0 Å². The van der Waals surface area contributed by atoms with Gasteiger partial charge in [-0.2, -0.15) is 0 Å². The minimum atomic E-state index is -0.475. The van der Waals surface area contributed by atoms with Crippen LogP contribution in [0.15, 0.2) is 47.5 Å². The third-order valence-corrected chi connectivity index (χ3v) is 6.28. The van der Waals surface area contributed by atoms with Crippen molar-refractivity contribution in [3.63, 3.8) is 0 Å². The molecule has 0 aromatic heterocycles. The fourth-order valence-electron chi connectivity index (χ4n) is 3.19. The molecule has 2 aromatic rings. The zero-order valence-corrected chi connectivity index (χ0v) is 18.1. The number of anilines is 1. The summed E-state index contributed by atoms with van der Waals surface area (Å²) in [5, 5.41) is 5.79. The smallest absolute Gasteiger partial charge is 0.240 e. The van der Waals surface area contributed by atoms with Crippen LogP contribution >= 0.6 is 11.8 Å². The van der Waals surface area contributed by atoms with Crippen LogP contribution in [-0.4, -0.2) is 22.2 Å². The molecule has 6 heteroatoms. The van der Waals surface area contributed by atoms with E-state index < -0.39 is 5.25 Å². The fraction of sp³-hybridized carbons (Fsp3) is 0.348. The van der Waals surface area contributed by atoms with Gasteiger partial charge in [0.1, 0.15) is 5.25 Å². The minimum absolute atomic E-state index is 0.107. The number of carbonyl (C=O) groups is 2. The number of thioether (sulfide) groups is 1. The summed E-state index contributed by atoms with van der Waals surface area (Å²) < 4.78 is 0. The normalized spacial score (nSPS) is 18.6. The monoisotopic (exact) mass is 409 g/mol. The van der Waals surface area contributed by atoms with Crippen LogP contribution in [-0.2, 0) is 9.59 Å². The standard InChI is InChI=1S/C23H27N3O2S/c1-5-14(2)17-9-11-18(12-10-17)24-23-26-22(28)19(29-23)13-20(27)25-21-15(3)7-6-8-16(21)4/h6-12,14,19H,5,13H2,1-4H3,(H,25,27)(H,24,26,28)/t14-,19+/m0/s1. The van der Waals surface area contributed by atoms with Gasteiger partial charge in [0.25, 0.3) is 0 Å². The Kier molecular flexibility index (Phi) is 6.75. The van der Waals surface area contributed by atoms with Crippen molar-refractivity contribution in [2.45, 2.75) is 51.7 Å². The van der Waals surface area contributed by atoms with Gasteiger partial charge in [-0.15, -0.1) is 0 Å². The molecule has 1 aliphatic rings. The highest BCUT2D eigenvalue weighted by Gasteiger charge is 2.32. The average molecular weight is 410 g/mol. The summed E-state index contributed by atoms with van der Waals surface area (Å²) in [7, 11) is 0. The summed E-state index contributed by atoms with van der Waals surface area (Å²) in [5.74, 6) is 0.160. The number of aliphatic imine (C=N–C) groups is 1. The maximum atomic E-state index is 12.5. The summed E-state index contributed by atoms with van der Waals surface area (Å²) in [6.45, 7) is 8.27. The Morgan fingerprint density at radius 3 is 2.45 bits per heavy atom. The average Bonchev–Trinajstić information content (AvgIpc) is 3.03. The maximum absolute atomic E-state index is 12.5. The van der Waals surface area contributed by atoms with Crippen LogP contribution in [0.4, 0.5) is 11.4 Å². The van der Waals surface area contributed by atoms with Gasteiger partial charge in [-0.3, -0.25) is 9.59 Å². The summed E-state index contributed by atoms with van der Waals surface area (Å²) in [6, 6.07) is 13.9. The lowest BCUT2D eigenvalue weighted by molar-refractivity contribution is -0.122. The maximum Gasteiger partial charge on any atom is 0.240 e.